The molecule has 0 amide bonds. The number of hydrogen-bond acceptors (Lipinski definition) is 3. The monoisotopic (exact) mass is 586 g/mol. The van der Waals surface area contributed by atoms with Crippen molar-refractivity contribution in [2.45, 2.75) is 117 Å². The average molecular weight is 587 g/mol. The topological polar surface area (TPSA) is 20.2 Å². The third-order valence-electron chi connectivity index (χ3n) is 7.01. The second kappa shape index (κ2) is 15.5. The number of hydrogen-bond donors (Lipinski definition) is 1. The van der Waals surface area contributed by atoms with Crippen LogP contribution in [0.4, 0.5) is 0 Å². The molecule has 0 saturated carbocycles. The summed E-state index contributed by atoms with van der Waals surface area (Å²) in [6.07, 6.45) is 3.90. The molecule has 0 saturated heterocycles. The van der Waals surface area contributed by atoms with E-state index in [9.17, 15) is 5.11 Å². The van der Waals surface area contributed by atoms with E-state index < -0.39 is 13.7 Å². The van der Waals surface area contributed by atoms with Crippen LogP contribution in [-0.4, -0.2) is 18.8 Å². The third kappa shape index (κ3) is 9.88. The van der Waals surface area contributed by atoms with Crippen molar-refractivity contribution < 1.29 is 5.11 Å². The van der Waals surface area contributed by atoms with E-state index in [1.807, 2.05) is 12.1 Å². The molecule has 0 radical (unpaired) electrons. The molecule has 0 spiro atoms. The van der Waals surface area contributed by atoms with E-state index in [0.29, 0.717) is 16.6 Å². The molecule has 0 fully saturated rings. The third-order valence-corrected chi connectivity index (χ3v) is 15.1. The van der Waals surface area contributed by atoms with Gasteiger partial charge in [0.1, 0.15) is 13.7 Å². The van der Waals surface area contributed by atoms with Gasteiger partial charge in [-0.25, -0.2) is 0 Å². The van der Waals surface area contributed by atoms with E-state index in [0.717, 1.165) is 56.3 Å². The van der Waals surface area contributed by atoms with E-state index in [4.69, 9.17) is 0 Å². The molecule has 0 aromatic carbocycles. The highest BCUT2D eigenvalue weighted by Crippen LogP contribution is 2.40. The highest BCUT2D eigenvalue weighted by molar-refractivity contribution is 7.13. The molecule has 1 nitrogen and oxygen atoms in total. The van der Waals surface area contributed by atoms with E-state index in [1.165, 1.54) is 0 Å². The SMILES string of the molecule is CCC/C(C#Cc1ccc(C#CC(C)(C)O)s1)=C(\C#Cc1ccc(C#C[Si](C(C)C)(C(C)C)C(C)C)s1)CCC. The Morgan fingerprint density at radius 3 is 1.43 bits per heavy atom. The highest BCUT2D eigenvalue weighted by atomic mass is 32.1. The Morgan fingerprint density at radius 1 is 0.700 bits per heavy atom. The molecule has 0 aliphatic rings. The Bertz CT molecular complexity index is 1390. The first-order valence-electron chi connectivity index (χ1n) is 14.6. The second-order valence-corrected chi connectivity index (χ2v) is 19.5. The Hall–Kier alpha value is -2.44. The predicted octanol–water partition coefficient (Wildman–Crippen LogP) is 9.80. The molecule has 2 aromatic rings. The molecule has 2 rings (SSSR count). The number of thiophene rings is 2. The van der Waals surface area contributed by atoms with Gasteiger partial charge in [-0.15, -0.1) is 28.2 Å². The van der Waals surface area contributed by atoms with Gasteiger partial charge in [0, 0.05) is 11.1 Å². The maximum Gasteiger partial charge on any atom is 0.146 e. The van der Waals surface area contributed by atoms with E-state index in [1.54, 1.807) is 36.5 Å². The second-order valence-electron chi connectivity index (χ2n) is 11.7. The van der Waals surface area contributed by atoms with Crippen LogP contribution in [0.2, 0.25) is 16.6 Å². The summed E-state index contributed by atoms with van der Waals surface area (Å²) >= 11 is 3.26. The van der Waals surface area contributed by atoms with Crippen molar-refractivity contribution in [1.29, 1.82) is 0 Å². The van der Waals surface area contributed by atoms with Crippen molar-refractivity contribution in [3.63, 3.8) is 0 Å². The van der Waals surface area contributed by atoms with Crippen LogP contribution in [0.3, 0.4) is 0 Å². The molecule has 0 atom stereocenters. The molecule has 4 heteroatoms. The zero-order valence-corrected chi connectivity index (χ0v) is 28.8. The van der Waals surface area contributed by atoms with Gasteiger partial charge < -0.3 is 5.11 Å². The van der Waals surface area contributed by atoms with Crippen molar-refractivity contribution in [2.24, 2.45) is 0 Å². The average Bonchev–Trinajstić information content (AvgIpc) is 3.52. The van der Waals surface area contributed by atoms with Gasteiger partial charge >= 0.3 is 0 Å². The lowest BCUT2D eigenvalue weighted by Crippen LogP contribution is -2.43. The van der Waals surface area contributed by atoms with Crippen LogP contribution in [-0.2, 0) is 0 Å². The van der Waals surface area contributed by atoms with Gasteiger partial charge in [-0.05, 0) is 67.6 Å². The van der Waals surface area contributed by atoms with E-state index in [-0.39, 0.29) is 0 Å². The van der Waals surface area contributed by atoms with E-state index >= 15 is 0 Å². The fourth-order valence-corrected chi connectivity index (χ4v) is 11.8. The summed E-state index contributed by atoms with van der Waals surface area (Å²) in [5.41, 5.74) is 6.98. The van der Waals surface area contributed by atoms with Crippen molar-refractivity contribution in [3.05, 3.63) is 54.9 Å². The Morgan fingerprint density at radius 2 is 1.07 bits per heavy atom. The molecule has 212 valence electrons. The molecular formula is C36H46OS2Si. The minimum absolute atomic E-state index is 0.625. The number of rotatable bonds is 7. The summed E-state index contributed by atoms with van der Waals surface area (Å²) in [4.78, 5) is 4.05. The van der Waals surface area contributed by atoms with Gasteiger partial charge in [-0.3, -0.25) is 0 Å². The first-order valence-corrected chi connectivity index (χ1v) is 18.4. The van der Waals surface area contributed by atoms with Gasteiger partial charge in [-0.2, -0.15) is 0 Å². The van der Waals surface area contributed by atoms with Crippen molar-refractivity contribution >= 4 is 30.7 Å². The summed E-state index contributed by atoms with van der Waals surface area (Å²) in [7, 11) is -1.75. The predicted molar refractivity (Wildman–Crippen MR) is 180 cm³/mol. The first-order chi connectivity index (χ1) is 18.8. The smallest absolute Gasteiger partial charge is 0.146 e. The van der Waals surface area contributed by atoms with Crippen LogP contribution in [0.1, 0.15) is 114 Å². The van der Waals surface area contributed by atoms with E-state index in [2.05, 4.69) is 115 Å². The molecular weight excluding hydrogens is 541 g/mol. The van der Waals surface area contributed by atoms with Gasteiger partial charge in [0.2, 0.25) is 0 Å². The molecule has 0 unspecified atom stereocenters. The van der Waals surface area contributed by atoms with Crippen molar-refractivity contribution in [3.8, 4) is 47.0 Å². The number of allylic oxidation sites excluding steroid dienone is 2. The zero-order chi connectivity index (χ0) is 29.9. The first kappa shape index (κ1) is 33.8. The molecule has 0 aliphatic heterocycles. The van der Waals surface area contributed by atoms with Crippen LogP contribution in [0.15, 0.2) is 35.4 Å². The van der Waals surface area contributed by atoms with Crippen LogP contribution in [0.25, 0.3) is 0 Å². The van der Waals surface area contributed by atoms with Crippen molar-refractivity contribution in [1.82, 2.24) is 0 Å². The molecule has 2 heterocycles. The Kier molecular flexibility index (Phi) is 13.1. The molecule has 40 heavy (non-hydrogen) atoms. The summed E-state index contributed by atoms with van der Waals surface area (Å²) in [5, 5.41) is 9.86. The molecule has 1 N–H and O–H groups in total. The lowest BCUT2D eigenvalue weighted by Gasteiger charge is -2.38. The van der Waals surface area contributed by atoms with Gasteiger partial charge in [-0.1, -0.05) is 110 Å². The summed E-state index contributed by atoms with van der Waals surface area (Å²) in [5.74, 6) is 23.2. The minimum Gasteiger partial charge on any atom is -0.378 e. The normalized spacial score (nSPS) is 12.1. The van der Waals surface area contributed by atoms with Gasteiger partial charge in [0.15, 0.2) is 0 Å². The van der Waals surface area contributed by atoms with Crippen LogP contribution >= 0.6 is 22.7 Å². The summed E-state index contributed by atoms with van der Waals surface area (Å²) in [6, 6.07) is 8.22. The lowest BCUT2D eigenvalue weighted by atomic mass is 10.0. The standard InChI is InChI=1S/C36H46OS2Si/c1-11-13-30(15-17-32-19-21-34(38-32)23-25-36(9,10)37)31(14-12-2)16-18-33-20-22-35(39-33)24-26-40(27(3)4,28(5)6)29(7)8/h19-22,27-29,37H,11-14H2,1-10H3/b31-30+. The molecule has 0 bridgehead atoms. The van der Waals surface area contributed by atoms with Gasteiger partial charge in [0.25, 0.3) is 0 Å². The largest absolute Gasteiger partial charge is 0.378 e. The number of aliphatic hydroxyl groups is 1. The Balaban J connectivity index is 2.39. The minimum atomic E-state index is -1.75. The van der Waals surface area contributed by atoms with Crippen LogP contribution < -0.4 is 0 Å². The zero-order valence-electron chi connectivity index (χ0n) is 26.1. The summed E-state index contributed by atoms with van der Waals surface area (Å²) < 4.78 is 0. The van der Waals surface area contributed by atoms with Crippen molar-refractivity contribution in [2.75, 3.05) is 0 Å². The molecule has 2 aromatic heterocycles. The molecule has 0 aliphatic carbocycles. The Labute approximate surface area is 253 Å². The lowest BCUT2D eigenvalue weighted by molar-refractivity contribution is 0.143. The highest BCUT2D eigenvalue weighted by Gasteiger charge is 2.41. The summed E-state index contributed by atoms with van der Waals surface area (Å²) in [6.45, 7) is 21.9. The maximum absolute atomic E-state index is 9.86. The quantitative estimate of drug-likeness (QED) is 0.253. The van der Waals surface area contributed by atoms with Gasteiger partial charge in [0.05, 0.1) is 19.5 Å². The van der Waals surface area contributed by atoms with Crippen LogP contribution in [0.5, 0.6) is 0 Å². The van der Waals surface area contributed by atoms with Crippen LogP contribution in [0, 0.1) is 47.0 Å². The fourth-order valence-electron chi connectivity index (χ4n) is 5.11. The fraction of sp³-hybridized carbons (Fsp3) is 0.500. The maximum atomic E-state index is 9.86.